The maximum atomic E-state index is 14.2. The largest absolute Gasteiger partial charge is 0.508 e. The van der Waals surface area contributed by atoms with Crippen LogP contribution in [0.25, 0.3) is 21.5 Å². The van der Waals surface area contributed by atoms with E-state index in [9.17, 15) is 9.90 Å². The number of benzene rings is 5. The fourth-order valence-corrected chi connectivity index (χ4v) is 5.51. The number of ether oxygens (including phenoxy) is 1. The number of phenolic OH excluding ortho intramolecular Hbond substituents is 1. The van der Waals surface area contributed by atoms with Crippen molar-refractivity contribution in [3.05, 3.63) is 111 Å². The highest BCUT2D eigenvalue weighted by Crippen LogP contribution is 2.49. The summed E-state index contributed by atoms with van der Waals surface area (Å²) < 4.78 is 8.20. The Bertz CT molecular complexity index is 1610. The van der Waals surface area contributed by atoms with E-state index >= 15 is 0 Å². The van der Waals surface area contributed by atoms with Crippen LogP contribution in [0.3, 0.4) is 0 Å². The summed E-state index contributed by atoms with van der Waals surface area (Å²) in [6.07, 6.45) is 0. The second-order valence-electron chi connectivity index (χ2n) is 8.10. The smallest absolute Gasteiger partial charge is 0.178 e. The van der Waals surface area contributed by atoms with Crippen molar-refractivity contribution in [2.45, 2.75) is 5.92 Å². The number of ketones is 1. The Morgan fingerprint density at radius 1 is 0.697 bits per heavy atom. The molecular formula is C28H16Br2O3. The van der Waals surface area contributed by atoms with E-state index in [2.05, 4.69) is 31.9 Å². The highest BCUT2D eigenvalue weighted by atomic mass is 79.9. The molecule has 0 aromatic heterocycles. The van der Waals surface area contributed by atoms with Crippen LogP contribution in [0.5, 0.6) is 17.2 Å². The van der Waals surface area contributed by atoms with E-state index in [0.29, 0.717) is 22.6 Å². The number of phenols is 1. The summed E-state index contributed by atoms with van der Waals surface area (Å²) in [4.78, 5) is 14.2. The molecule has 5 aromatic carbocycles. The third-order valence-electron chi connectivity index (χ3n) is 6.20. The van der Waals surface area contributed by atoms with Gasteiger partial charge in [-0.25, -0.2) is 0 Å². The molecule has 1 atom stereocenters. The van der Waals surface area contributed by atoms with Gasteiger partial charge in [0, 0.05) is 20.1 Å². The summed E-state index contributed by atoms with van der Waals surface area (Å²) >= 11 is 7.08. The van der Waals surface area contributed by atoms with Crippen LogP contribution in [0.15, 0.2) is 93.9 Å². The molecule has 1 heterocycles. The Morgan fingerprint density at radius 3 is 2.06 bits per heavy atom. The van der Waals surface area contributed by atoms with Gasteiger partial charge in [-0.15, -0.1) is 0 Å². The molecule has 0 saturated heterocycles. The number of Topliss-reactive ketones (excluding diaryl/α,β-unsaturated/α-hetero) is 1. The molecule has 0 radical (unpaired) electrons. The lowest BCUT2D eigenvalue weighted by Gasteiger charge is -2.21. The van der Waals surface area contributed by atoms with E-state index < -0.39 is 5.92 Å². The summed E-state index contributed by atoms with van der Waals surface area (Å²) in [5, 5.41) is 14.8. The molecule has 0 saturated carbocycles. The minimum atomic E-state index is -0.738. The first-order valence-electron chi connectivity index (χ1n) is 10.5. The topological polar surface area (TPSA) is 46.5 Å². The lowest BCUT2D eigenvalue weighted by atomic mass is 9.80. The van der Waals surface area contributed by atoms with E-state index in [-0.39, 0.29) is 11.5 Å². The Morgan fingerprint density at radius 2 is 1.33 bits per heavy atom. The third-order valence-corrected chi connectivity index (χ3v) is 7.18. The molecule has 0 fully saturated rings. The molecule has 6 rings (SSSR count). The zero-order valence-electron chi connectivity index (χ0n) is 17.2. The molecule has 5 heteroatoms. The van der Waals surface area contributed by atoms with Crippen LogP contribution in [0, 0.1) is 0 Å². The number of fused-ring (bicyclic) bond motifs is 5. The summed E-state index contributed by atoms with van der Waals surface area (Å²) in [5.74, 6) is 0.373. The van der Waals surface area contributed by atoms with E-state index in [1.807, 2.05) is 72.8 Å². The molecule has 1 unspecified atom stereocenters. The fourth-order valence-electron chi connectivity index (χ4n) is 4.75. The minimum absolute atomic E-state index is 0.0858. The monoisotopic (exact) mass is 558 g/mol. The predicted molar refractivity (Wildman–Crippen MR) is 138 cm³/mol. The molecule has 33 heavy (non-hydrogen) atoms. The first-order valence-corrected chi connectivity index (χ1v) is 12.0. The van der Waals surface area contributed by atoms with Crippen LogP contribution in [0.1, 0.15) is 27.4 Å². The molecule has 160 valence electrons. The molecule has 1 N–H and O–H groups in total. The molecule has 0 aliphatic carbocycles. The molecule has 0 amide bonds. The normalized spacial score (nSPS) is 15.1. The van der Waals surface area contributed by atoms with Gasteiger partial charge in [-0.1, -0.05) is 68.3 Å². The van der Waals surface area contributed by atoms with Gasteiger partial charge in [0.1, 0.15) is 17.2 Å². The lowest BCUT2D eigenvalue weighted by molar-refractivity contribution is 0.0974. The Hall–Kier alpha value is -3.15. The maximum absolute atomic E-state index is 14.2. The first-order chi connectivity index (χ1) is 16.0. The van der Waals surface area contributed by atoms with E-state index in [1.54, 1.807) is 12.1 Å². The van der Waals surface area contributed by atoms with Gasteiger partial charge in [0.05, 0.1) is 11.5 Å². The number of carbonyl (C=O) groups excluding carboxylic acids is 1. The molecule has 5 aromatic rings. The number of para-hydroxylation sites is 1. The van der Waals surface area contributed by atoms with Crippen LogP contribution in [0.4, 0.5) is 0 Å². The molecule has 1 aliphatic heterocycles. The van der Waals surface area contributed by atoms with Crippen molar-refractivity contribution in [1.82, 2.24) is 0 Å². The van der Waals surface area contributed by atoms with Gasteiger partial charge < -0.3 is 9.84 Å². The van der Waals surface area contributed by atoms with Gasteiger partial charge in [0.25, 0.3) is 0 Å². The van der Waals surface area contributed by atoms with Crippen LogP contribution in [-0.4, -0.2) is 10.9 Å². The Balaban J connectivity index is 1.76. The second kappa shape index (κ2) is 7.72. The first kappa shape index (κ1) is 20.5. The summed E-state index contributed by atoms with van der Waals surface area (Å²) in [5.41, 5.74) is 1.84. The molecule has 0 spiro atoms. The molecule has 1 aliphatic rings. The standard InChI is InChI=1S/C28H16Br2O3/c29-17-7-9-19-15(13-17)5-11-22(31)25(19)27-26-20-10-8-18(30)14-16(20)6-12-24(26)33-23-4-2-1-3-21(23)28(27)32/h1-14,27,31H. The molecular weight excluding hydrogens is 544 g/mol. The van der Waals surface area contributed by atoms with Gasteiger partial charge in [0.15, 0.2) is 5.78 Å². The van der Waals surface area contributed by atoms with E-state index in [0.717, 1.165) is 36.1 Å². The minimum Gasteiger partial charge on any atom is -0.508 e. The molecule has 3 nitrogen and oxygen atoms in total. The van der Waals surface area contributed by atoms with Crippen molar-refractivity contribution >= 4 is 59.2 Å². The van der Waals surface area contributed by atoms with Gasteiger partial charge in [0.2, 0.25) is 0 Å². The average molecular weight is 560 g/mol. The van der Waals surface area contributed by atoms with Crippen LogP contribution < -0.4 is 4.74 Å². The van der Waals surface area contributed by atoms with Crippen LogP contribution >= 0.6 is 31.9 Å². The number of halogens is 2. The summed E-state index contributed by atoms with van der Waals surface area (Å²) in [6, 6.07) is 26.6. The maximum Gasteiger partial charge on any atom is 0.178 e. The van der Waals surface area contributed by atoms with Crippen molar-refractivity contribution in [2.75, 3.05) is 0 Å². The van der Waals surface area contributed by atoms with Crippen LogP contribution in [0.2, 0.25) is 0 Å². The van der Waals surface area contributed by atoms with Crippen LogP contribution in [-0.2, 0) is 0 Å². The Labute approximate surface area is 206 Å². The Kier molecular flexibility index (Phi) is 4.78. The third kappa shape index (κ3) is 3.26. The van der Waals surface area contributed by atoms with Crippen molar-refractivity contribution in [1.29, 1.82) is 0 Å². The zero-order chi connectivity index (χ0) is 22.7. The summed E-state index contributed by atoms with van der Waals surface area (Å²) in [6.45, 7) is 0. The number of hydrogen-bond acceptors (Lipinski definition) is 3. The zero-order valence-corrected chi connectivity index (χ0v) is 20.4. The quantitative estimate of drug-likeness (QED) is 0.224. The van der Waals surface area contributed by atoms with Gasteiger partial charge in [-0.3, -0.25) is 4.79 Å². The van der Waals surface area contributed by atoms with E-state index in [1.165, 1.54) is 0 Å². The lowest BCUT2D eigenvalue weighted by Crippen LogP contribution is -2.14. The van der Waals surface area contributed by atoms with Gasteiger partial charge in [-0.05, 0) is 70.1 Å². The van der Waals surface area contributed by atoms with Crippen molar-refractivity contribution in [3.8, 4) is 17.2 Å². The van der Waals surface area contributed by atoms with Crippen molar-refractivity contribution in [2.24, 2.45) is 0 Å². The van der Waals surface area contributed by atoms with Crippen molar-refractivity contribution < 1.29 is 14.6 Å². The SMILES string of the molecule is O=C1c2ccccc2Oc2ccc3cc(Br)ccc3c2C1c1c(O)ccc2cc(Br)ccc12. The number of carbonyl (C=O) groups is 1. The predicted octanol–water partition coefficient (Wildman–Crippen LogP) is 8.34. The highest BCUT2D eigenvalue weighted by molar-refractivity contribution is 9.10. The highest BCUT2D eigenvalue weighted by Gasteiger charge is 2.36. The number of hydrogen-bond donors (Lipinski definition) is 1. The van der Waals surface area contributed by atoms with Gasteiger partial charge >= 0.3 is 0 Å². The number of aromatic hydroxyl groups is 1. The van der Waals surface area contributed by atoms with E-state index in [4.69, 9.17) is 4.74 Å². The summed E-state index contributed by atoms with van der Waals surface area (Å²) in [7, 11) is 0. The molecule has 0 bridgehead atoms. The van der Waals surface area contributed by atoms with Crippen molar-refractivity contribution in [3.63, 3.8) is 0 Å². The second-order valence-corrected chi connectivity index (χ2v) is 9.93. The number of rotatable bonds is 1. The fraction of sp³-hybridized carbons (Fsp3) is 0.0357. The average Bonchev–Trinajstić information content (AvgIpc) is 2.93. The van der Waals surface area contributed by atoms with Gasteiger partial charge in [-0.2, -0.15) is 0 Å².